The van der Waals surface area contributed by atoms with E-state index in [4.69, 9.17) is 25.7 Å². The standard InChI is InChI=1S/C27H58N8O3/c1-3-6-30-9-15-33(16-10-30)21-24-36-27(2,37-25-22-34-17-11-31(7-4-28)12-18-34)38-26-23-35-19-13-32(8-5-29)14-20-35/h3-26,28-29H2,1-2H3. The fraction of sp³-hybridized carbons (Fsp3) is 1.00. The summed E-state index contributed by atoms with van der Waals surface area (Å²) in [4.78, 5) is 14.8. The Balaban J connectivity index is 1.39. The fourth-order valence-electron chi connectivity index (χ4n) is 5.60. The summed E-state index contributed by atoms with van der Waals surface area (Å²) in [5.74, 6) is -1.02. The van der Waals surface area contributed by atoms with Gasteiger partial charge in [-0.25, -0.2) is 0 Å². The van der Waals surface area contributed by atoms with E-state index in [0.717, 1.165) is 124 Å². The predicted molar refractivity (Wildman–Crippen MR) is 153 cm³/mol. The minimum Gasteiger partial charge on any atom is -0.329 e. The highest BCUT2D eigenvalue weighted by atomic mass is 16.9. The van der Waals surface area contributed by atoms with Gasteiger partial charge in [0.05, 0.1) is 19.8 Å². The summed E-state index contributed by atoms with van der Waals surface area (Å²) >= 11 is 0. The smallest absolute Gasteiger partial charge is 0.280 e. The van der Waals surface area contributed by atoms with E-state index in [9.17, 15) is 0 Å². The maximum atomic E-state index is 6.30. The van der Waals surface area contributed by atoms with E-state index in [1.807, 2.05) is 6.92 Å². The Morgan fingerprint density at radius 2 is 0.737 bits per heavy atom. The van der Waals surface area contributed by atoms with E-state index in [0.29, 0.717) is 19.8 Å². The summed E-state index contributed by atoms with van der Waals surface area (Å²) in [7, 11) is 0. The minimum atomic E-state index is -1.02. The van der Waals surface area contributed by atoms with Gasteiger partial charge in [0.25, 0.3) is 5.97 Å². The van der Waals surface area contributed by atoms with Gasteiger partial charge in [0.1, 0.15) is 0 Å². The van der Waals surface area contributed by atoms with Crippen LogP contribution >= 0.6 is 0 Å². The van der Waals surface area contributed by atoms with Crippen molar-refractivity contribution in [2.45, 2.75) is 26.2 Å². The molecule has 3 aliphatic rings. The third-order valence-corrected chi connectivity index (χ3v) is 8.14. The number of hydrogen-bond acceptors (Lipinski definition) is 11. The lowest BCUT2D eigenvalue weighted by atomic mass is 10.3. The summed E-state index contributed by atoms with van der Waals surface area (Å²) < 4.78 is 18.9. The Kier molecular flexibility index (Phi) is 15.3. The van der Waals surface area contributed by atoms with Gasteiger partial charge in [0, 0.05) is 131 Å². The van der Waals surface area contributed by atoms with E-state index in [1.54, 1.807) is 0 Å². The Bertz CT molecular complexity index is 516. The molecule has 38 heavy (non-hydrogen) atoms. The first-order valence-corrected chi connectivity index (χ1v) is 15.2. The minimum absolute atomic E-state index is 0.598. The van der Waals surface area contributed by atoms with Crippen LogP contribution in [0.3, 0.4) is 0 Å². The molecule has 0 aliphatic carbocycles. The Labute approximate surface area is 232 Å². The number of nitrogens with zero attached hydrogens (tertiary/aromatic N) is 6. The van der Waals surface area contributed by atoms with Crippen LogP contribution in [0, 0.1) is 0 Å². The molecule has 224 valence electrons. The topological polar surface area (TPSA) is 99.2 Å². The zero-order valence-corrected chi connectivity index (χ0v) is 24.5. The van der Waals surface area contributed by atoms with Crippen molar-refractivity contribution in [3.05, 3.63) is 0 Å². The average Bonchev–Trinajstić information content (AvgIpc) is 2.92. The first-order valence-electron chi connectivity index (χ1n) is 15.2. The van der Waals surface area contributed by atoms with Gasteiger partial charge in [-0.2, -0.15) is 0 Å². The van der Waals surface area contributed by atoms with Gasteiger partial charge in [-0.1, -0.05) is 6.92 Å². The lowest BCUT2D eigenvalue weighted by Gasteiger charge is -2.37. The van der Waals surface area contributed by atoms with Crippen LogP contribution in [0.1, 0.15) is 20.3 Å². The first kappa shape index (κ1) is 32.1. The Morgan fingerprint density at radius 3 is 1.00 bits per heavy atom. The SMILES string of the molecule is CCCN1CCN(CCOC(C)(OCCN2CCN(CCN)CC2)OCCN2CCN(CCN)CC2)CC1. The van der Waals surface area contributed by atoms with Crippen molar-refractivity contribution in [2.75, 3.05) is 151 Å². The van der Waals surface area contributed by atoms with Crippen LogP contribution in [0.2, 0.25) is 0 Å². The quantitative estimate of drug-likeness (QED) is 0.206. The van der Waals surface area contributed by atoms with E-state index < -0.39 is 5.97 Å². The number of piperazine rings is 3. The number of hydrogen-bond donors (Lipinski definition) is 2. The Hall–Kier alpha value is -0.440. The molecule has 3 aliphatic heterocycles. The third-order valence-electron chi connectivity index (χ3n) is 8.14. The highest BCUT2D eigenvalue weighted by Gasteiger charge is 2.29. The molecule has 3 fully saturated rings. The first-order chi connectivity index (χ1) is 18.5. The van der Waals surface area contributed by atoms with Crippen molar-refractivity contribution < 1.29 is 14.2 Å². The normalized spacial score (nSPS) is 22.4. The molecule has 0 radical (unpaired) electrons. The third kappa shape index (κ3) is 12.0. The average molecular weight is 543 g/mol. The van der Waals surface area contributed by atoms with Gasteiger partial charge < -0.3 is 30.6 Å². The highest BCUT2D eigenvalue weighted by Crippen LogP contribution is 2.16. The summed E-state index contributed by atoms with van der Waals surface area (Å²) in [5, 5.41) is 0. The van der Waals surface area contributed by atoms with Gasteiger partial charge in [0.15, 0.2) is 0 Å². The highest BCUT2D eigenvalue weighted by molar-refractivity contribution is 4.74. The van der Waals surface area contributed by atoms with Crippen molar-refractivity contribution in [3.63, 3.8) is 0 Å². The summed E-state index contributed by atoms with van der Waals surface area (Å²) in [5.41, 5.74) is 11.4. The second-order valence-corrected chi connectivity index (χ2v) is 11.0. The largest absolute Gasteiger partial charge is 0.329 e. The Morgan fingerprint density at radius 1 is 0.474 bits per heavy atom. The molecule has 0 atom stereocenters. The molecule has 3 heterocycles. The van der Waals surface area contributed by atoms with Crippen LogP contribution in [-0.2, 0) is 14.2 Å². The molecule has 11 heteroatoms. The molecule has 4 N–H and O–H groups in total. The van der Waals surface area contributed by atoms with Crippen molar-refractivity contribution in [2.24, 2.45) is 11.5 Å². The van der Waals surface area contributed by atoms with Gasteiger partial charge in [-0.05, 0) is 13.0 Å². The monoisotopic (exact) mass is 542 g/mol. The van der Waals surface area contributed by atoms with Gasteiger partial charge in [-0.15, -0.1) is 0 Å². The molecule has 3 rings (SSSR count). The molecule has 0 aromatic heterocycles. The van der Waals surface area contributed by atoms with Gasteiger partial charge in [0.2, 0.25) is 0 Å². The van der Waals surface area contributed by atoms with Gasteiger partial charge >= 0.3 is 0 Å². The van der Waals surface area contributed by atoms with Crippen molar-refractivity contribution >= 4 is 0 Å². The van der Waals surface area contributed by atoms with Gasteiger partial charge in [-0.3, -0.25) is 24.5 Å². The zero-order valence-electron chi connectivity index (χ0n) is 24.5. The van der Waals surface area contributed by atoms with Crippen LogP contribution < -0.4 is 11.5 Å². The van der Waals surface area contributed by atoms with Crippen LogP contribution in [-0.4, -0.2) is 186 Å². The molecule has 0 saturated carbocycles. The second-order valence-electron chi connectivity index (χ2n) is 11.0. The molecule has 0 amide bonds. The molecular weight excluding hydrogens is 484 g/mol. The molecule has 0 unspecified atom stereocenters. The summed E-state index contributed by atoms with van der Waals surface area (Å²) in [6.45, 7) is 26.4. The maximum Gasteiger partial charge on any atom is 0.280 e. The van der Waals surface area contributed by atoms with Crippen LogP contribution in [0.25, 0.3) is 0 Å². The lowest BCUT2D eigenvalue weighted by molar-refractivity contribution is -0.371. The van der Waals surface area contributed by atoms with E-state index in [-0.39, 0.29) is 0 Å². The maximum absolute atomic E-state index is 6.30. The molecular formula is C27H58N8O3. The van der Waals surface area contributed by atoms with Crippen LogP contribution in [0.15, 0.2) is 0 Å². The van der Waals surface area contributed by atoms with Crippen LogP contribution in [0.5, 0.6) is 0 Å². The fourth-order valence-corrected chi connectivity index (χ4v) is 5.60. The molecule has 11 nitrogen and oxygen atoms in total. The number of ether oxygens (including phenoxy) is 3. The van der Waals surface area contributed by atoms with Crippen LogP contribution in [0.4, 0.5) is 0 Å². The zero-order chi connectivity index (χ0) is 27.1. The number of nitrogens with two attached hydrogens (primary N) is 2. The van der Waals surface area contributed by atoms with Crippen molar-refractivity contribution in [3.8, 4) is 0 Å². The molecule has 3 saturated heterocycles. The predicted octanol–water partition coefficient (Wildman–Crippen LogP) is -1.11. The summed E-state index contributed by atoms with van der Waals surface area (Å²) in [6, 6.07) is 0. The van der Waals surface area contributed by atoms with Crippen molar-refractivity contribution in [1.82, 2.24) is 29.4 Å². The van der Waals surface area contributed by atoms with E-state index in [1.165, 1.54) is 13.0 Å². The van der Waals surface area contributed by atoms with E-state index in [2.05, 4.69) is 36.3 Å². The number of rotatable bonds is 18. The molecule has 0 aromatic rings. The van der Waals surface area contributed by atoms with E-state index >= 15 is 0 Å². The molecule has 0 aromatic carbocycles. The second kappa shape index (κ2) is 18.1. The lowest BCUT2D eigenvalue weighted by Crippen LogP contribution is -2.50. The molecule has 0 spiro atoms. The summed E-state index contributed by atoms with van der Waals surface area (Å²) in [6.07, 6.45) is 1.23. The molecule has 0 bridgehead atoms. The van der Waals surface area contributed by atoms with Crippen molar-refractivity contribution in [1.29, 1.82) is 0 Å².